The summed E-state index contributed by atoms with van der Waals surface area (Å²) in [5.41, 5.74) is 25.4. The summed E-state index contributed by atoms with van der Waals surface area (Å²) < 4.78 is 4.87. The van der Waals surface area contributed by atoms with E-state index in [0.29, 0.717) is 0 Å². The molecule has 0 saturated carbocycles. The number of aromatic nitrogens is 6. The van der Waals surface area contributed by atoms with Gasteiger partial charge in [-0.25, -0.2) is 19.9 Å². The molecule has 0 atom stereocenters. The van der Waals surface area contributed by atoms with E-state index in [0.717, 1.165) is 123 Å². The second-order valence-corrected chi connectivity index (χ2v) is 22.2. The van der Waals surface area contributed by atoms with Gasteiger partial charge in [0.25, 0.3) is 0 Å². The Morgan fingerprint density at radius 3 is 0.929 bits per heavy atom. The molecule has 0 saturated heterocycles. The van der Waals surface area contributed by atoms with Crippen LogP contribution < -0.4 is 0 Å². The van der Waals surface area contributed by atoms with E-state index >= 15 is 0 Å². The number of hydrogen-bond acceptors (Lipinski definition) is 4. The van der Waals surface area contributed by atoms with Crippen LogP contribution in [0.4, 0.5) is 0 Å². The molecule has 0 aliphatic heterocycles. The predicted molar refractivity (Wildman–Crippen MR) is 349 cm³/mol. The van der Waals surface area contributed by atoms with Gasteiger partial charge in [-0.3, -0.25) is 4.57 Å². The summed E-state index contributed by atoms with van der Waals surface area (Å²) in [6.07, 6.45) is 2.00. The van der Waals surface area contributed by atoms with Crippen molar-refractivity contribution in [3.63, 3.8) is 0 Å². The van der Waals surface area contributed by atoms with Gasteiger partial charge in [-0.15, -0.1) is 0 Å². The molecule has 0 fully saturated rings. The number of hydrogen-bond donors (Lipinski definition) is 0. The Hall–Kier alpha value is -10.8. The lowest BCUT2D eigenvalue weighted by Crippen LogP contribution is -2.08. The van der Waals surface area contributed by atoms with Crippen LogP contribution in [-0.4, -0.2) is 29.1 Å². The molecule has 398 valence electrons. The van der Waals surface area contributed by atoms with Crippen LogP contribution in [0.15, 0.2) is 267 Å². The van der Waals surface area contributed by atoms with Gasteiger partial charge < -0.3 is 4.57 Å². The fourth-order valence-electron chi connectivity index (χ4n) is 12.4. The van der Waals surface area contributed by atoms with Crippen LogP contribution in [0.5, 0.6) is 0 Å². The van der Waals surface area contributed by atoms with Crippen molar-refractivity contribution >= 4 is 43.6 Å². The van der Waals surface area contributed by atoms with Crippen LogP contribution >= 0.6 is 0 Å². The van der Waals surface area contributed by atoms with E-state index in [-0.39, 0.29) is 0 Å². The number of nitrogens with zero attached hydrogens (tertiary/aromatic N) is 6. The molecule has 0 spiro atoms. The van der Waals surface area contributed by atoms with Crippen molar-refractivity contribution in [3.8, 4) is 101 Å². The maximum atomic E-state index is 5.73. The van der Waals surface area contributed by atoms with E-state index in [4.69, 9.17) is 19.9 Å². The normalized spacial score (nSPS) is 11.6. The highest BCUT2D eigenvalue weighted by molar-refractivity contribution is 6.13. The van der Waals surface area contributed by atoms with E-state index in [1.54, 1.807) is 0 Å². The summed E-state index contributed by atoms with van der Waals surface area (Å²) in [7, 11) is 0. The third-order valence-electron chi connectivity index (χ3n) is 16.4. The molecule has 0 unspecified atom stereocenters. The fraction of sp³-hybridized carbons (Fsp3) is 0.0513. The number of aryl methyl sites for hydroxylation is 4. The molecule has 6 nitrogen and oxygen atoms in total. The molecule has 0 amide bonds. The highest BCUT2D eigenvalue weighted by atomic mass is 15.1. The van der Waals surface area contributed by atoms with Crippen LogP contribution in [0.3, 0.4) is 0 Å². The summed E-state index contributed by atoms with van der Waals surface area (Å²) in [6.45, 7) is 8.72. The first-order valence-corrected chi connectivity index (χ1v) is 28.7. The molecule has 0 radical (unpaired) electrons. The maximum absolute atomic E-state index is 5.73. The zero-order chi connectivity index (χ0) is 56.4. The molecular weight excluding hydrogens is 1020 g/mol. The van der Waals surface area contributed by atoms with Crippen LogP contribution in [-0.2, 0) is 0 Å². The van der Waals surface area contributed by atoms with Crippen LogP contribution in [0, 0.1) is 27.7 Å². The van der Waals surface area contributed by atoms with Crippen molar-refractivity contribution < 1.29 is 0 Å². The van der Waals surface area contributed by atoms with Gasteiger partial charge in [0.2, 0.25) is 0 Å². The average molecular weight is 1080 g/mol. The topological polar surface area (TPSA) is 61.4 Å². The van der Waals surface area contributed by atoms with Crippen molar-refractivity contribution in [2.24, 2.45) is 0 Å². The van der Waals surface area contributed by atoms with Gasteiger partial charge in [0, 0.05) is 66.7 Å². The smallest absolute Gasteiger partial charge is 0.162 e. The Kier molecular flexibility index (Phi) is 12.3. The van der Waals surface area contributed by atoms with E-state index in [1.165, 1.54) is 43.8 Å². The molecule has 6 aromatic heterocycles. The lowest BCUT2D eigenvalue weighted by molar-refractivity contribution is 1.03. The van der Waals surface area contributed by atoms with Crippen molar-refractivity contribution in [1.29, 1.82) is 0 Å². The summed E-state index contributed by atoms with van der Waals surface area (Å²) in [5, 5.41) is 4.79. The zero-order valence-electron chi connectivity index (χ0n) is 47.1. The summed E-state index contributed by atoms with van der Waals surface area (Å²) in [6, 6.07) is 93.5. The minimum absolute atomic E-state index is 0.813. The standard InChI is InChI=1S/C78H56N6/c1-49-29-33-73-63(39-49)64-40-50(2)30-34-74(64)83(73)77-62(37-38-79-78(77)84-75-35-31-51(3)41-65(75)66-42-52(4)32-36-76(66)84)61-28-18-17-27-60(61)57-43-71(58-45-67(53-19-9-5-10-20-53)80-68(46-58)54-21-11-6-12-22-54)82-72(44-57)59-47-69(55-23-13-7-14-24-55)81-70(48-59)56-25-15-8-16-26-56/h5-48H,1-4H3. The largest absolute Gasteiger partial charge is 0.305 e. The highest BCUT2D eigenvalue weighted by Gasteiger charge is 2.26. The van der Waals surface area contributed by atoms with E-state index in [9.17, 15) is 0 Å². The van der Waals surface area contributed by atoms with Crippen LogP contribution in [0.1, 0.15) is 22.3 Å². The minimum atomic E-state index is 0.813. The van der Waals surface area contributed by atoms with Crippen molar-refractivity contribution in [2.45, 2.75) is 27.7 Å². The van der Waals surface area contributed by atoms with Crippen molar-refractivity contribution in [3.05, 3.63) is 289 Å². The minimum Gasteiger partial charge on any atom is -0.305 e. The maximum Gasteiger partial charge on any atom is 0.162 e. The van der Waals surface area contributed by atoms with Crippen LogP contribution in [0.2, 0.25) is 0 Å². The van der Waals surface area contributed by atoms with Crippen molar-refractivity contribution in [1.82, 2.24) is 29.1 Å². The second-order valence-electron chi connectivity index (χ2n) is 22.2. The van der Waals surface area contributed by atoms with Crippen LogP contribution in [0.25, 0.3) is 145 Å². The van der Waals surface area contributed by atoms with Gasteiger partial charge in [0.15, 0.2) is 5.82 Å². The second kappa shape index (κ2) is 20.6. The lowest BCUT2D eigenvalue weighted by atomic mass is 9.91. The van der Waals surface area contributed by atoms with Gasteiger partial charge >= 0.3 is 0 Å². The SMILES string of the molecule is Cc1ccc2c(c1)c1cc(C)ccc1n2-c1nccc(-c2ccccc2-c2cc(-c3cc(-c4ccccc4)nc(-c4ccccc4)c3)nc(-c3cc(-c4ccccc4)nc(-c4ccccc4)c3)c2)c1-n1c2ccc(C)cc2c2cc(C)ccc21. The van der Waals surface area contributed by atoms with Gasteiger partial charge in [-0.1, -0.05) is 192 Å². The van der Waals surface area contributed by atoms with Crippen molar-refractivity contribution in [2.75, 3.05) is 0 Å². The predicted octanol–water partition coefficient (Wildman–Crippen LogP) is 20.0. The molecular formula is C78H56N6. The first-order valence-electron chi connectivity index (χ1n) is 28.7. The van der Waals surface area contributed by atoms with Gasteiger partial charge in [-0.2, -0.15) is 0 Å². The molecule has 15 rings (SSSR count). The third-order valence-corrected chi connectivity index (χ3v) is 16.4. The first kappa shape index (κ1) is 50.2. The van der Waals surface area contributed by atoms with E-state index in [2.05, 4.69) is 273 Å². The molecule has 0 N–H and O–H groups in total. The number of fused-ring (bicyclic) bond motifs is 6. The molecule has 84 heavy (non-hydrogen) atoms. The summed E-state index contributed by atoms with van der Waals surface area (Å²) in [5.74, 6) is 0.836. The molecule has 6 heteroatoms. The molecule has 0 aliphatic rings. The first-order chi connectivity index (χ1) is 41.3. The Morgan fingerprint density at radius 1 is 0.250 bits per heavy atom. The van der Waals surface area contributed by atoms with E-state index in [1.807, 2.05) is 30.5 Å². The molecule has 9 aromatic carbocycles. The number of rotatable bonds is 10. The molecule has 15 aromatic rings. The van der Waals surface area contributed by atoms with Gasteiger partial charge in [-0.05, 0) is 135 Å². The van der Waals surface area contributed by atoms with Gasteiger partial charge in [0.05, 0.1) is 61.9 Å². The molecule has 0 aliphatic carbocycles. The Morgan fingerprint density at radius 2 is 0.560 bits per heavy atom. The quantitative estimate of drug-likeness (QED) is 0.137. The average Bonchev–Trinajstić information content (AvgIpc) is 3.70. The van der Waals surface area contributed by atoms with E-state index < -0.39 is 0 Å². The molecule has 6 heterocycles. The third kappa shape index (κ3) is 8.93. The monoisotopic (exact) mass is 1080 g/mol. The summed E-state index contributed by atoms with van der Waals surface area (Å²) >= 11 is 0. The highest BCUT2D eigenvalue weighted by Crippen LogP contribution is 2.46. The Balaban J connectivity index is 1.04. The summed E-state index contributed by atoms with van der Waals surface area (Å²) in [4.78, 5) is 21.9. The number of pyridine rings is 4. The molecule has 0 bridgehead atoms. The Bertz CT molecular complexity index is 4660. The lowest BCUT2D eigenvalue weighted by Gasteiger charge is -2.21. The zero-order valence-corrected chi connectivity index (χ0v) is 47.1. The van der Waals surface area contributed by atoms with Gasteiger partial charge in [0.1, 0.15) is 0 Å². The fourth-order valence-corrected chi connectivity index (χ4v) is 12.4. The Labute approximate surface area is 488 Å². The number of benzene rings is 9.